The summed E-state index contributed by atoms with van der Waals surface area (Å²) in [6.45, 7) is 0. The maximum atomic E-state index is 13.6. The molecule has 2 aliphatic heterocycles. The highest BCUT2D eigenvalue weighted by Crippen LogP contribution is 2.57. The molecule has 0 bridgehead atoms. The normalized spacial score (nSPS) is 18.8. The Morgan fingerprint density at radius 2 is 1.06 bits per heavy atom. The van der Waals surface area contributed by atoms with E-state index < -0.39 is 129 Å². The first-order chi connectivity index (χ1) is 29.9. The van der Waals surface area contributed by atoms with E-state index in [2.05, 4.69) is 0 Å². The van der Waals surface area contributed by atoms with Gasteiger partial charge in [-0.15, -0.1) is 0 Å². The van der Waals surface area contributed by atoms with E-state index in [1.54, 1.807) is 0 Å². The second kappa shape index (κ2) is 15.5. The number of carbonyl (C=O) groups is 2. The van der Waals surface area contributed by atoms with Crippen LogP contribution in [0.25, 0.3) is 0 Å². The predicted molar refractivity (Wildman–Crippen MR) is 211 cm³/mol. The SMILES string of the molecule is O=C(Oc1cc(C2Oc3cc(O)c(C4c5c(O)cc(O)cc5OC(c5ccc(O)cc5)C4O)c(O)c3CC2OC(=O)c2cc(O)c(O)c(O)c2)ccc1O)c1cc(O)c(O)c(O)c1. The van der Waals surface area contributed by atoms with Gasteiger partial charge in [0.1, 0.15) is 52.5 Å². The standard InChI is InChI=1S/C44H34O19/c45-20-4-1-16(2-5-20)42-40(57)36(34-24(48)12-21(46)13-32(34)61-42)35-25(49)15-30-22(37(35)54)14-33(63-44(59)19-9-28(52)39(56)29(53)10-19)41(60-30)17-3-6-23(47)31(11-17)62-43(58)18-7-26(50)38(55)27(51)8-18/h1-13,15,33,36,40-42,45-57H,14H2. The molecule has 19 heteroatoms. The molecule has 0 amide bonds. The quantitative estimate of drug-likeness (QED) is 0.0576. The van der Waals surface area contributed by atoms with Crippen LogP contribution in [0.3, 0.4) is 0 Å². The van der Waals surface area contributed by atoms with E-state index >= 15 is 0 Å². The molecular weight excluding hydrogens is 832 g/mol. The molecule has 5 atom stereocenters. The Morgan fingerprint density at radius 1 is 0.508 bits per heavy atom. The lowest BCUT2D eigenvalue weighted by Gasteiger charge is -2.39. The molecule has 0 spiro atoms. The maximum Gasteiger partial charge on any atom is 0.343 e. The van der Waals surface area contributed by atoms with E-state index in [1.165, 1.54) is 30.3 Å². The van der Waals surface area contributed by atoms with Crippen LogP contribution in [0.2, 0.25) is 0 Å². The number of aliphatic hydroxyl groups is 1. The number of fused-ring (bicyclic) bond motifs is 2. The van der Waals surface area contributed by atoms with Gasteiger partial charge in [0.2, 0.25) is 0 Å². The smallest absolute Gasteiger partial charge is 0.343 e. The number of ether oxygens (including phenoxy) is 4. The number of benzene rings is 6. The van der Waals surface area contributed by atoms with Gasteiger partial charge in [-0.25, -0.2) is 9.59 Å². The van der Waals surface area contributed by atoms with Crippen molar-refractivity contribution in [3.8, 4) is 86.2 Å². The molecule has 0 aromatic heterocycles. The number of aromatic hydroxyl groups is 12. The summed E-state index contributed by atoms with van der Waals surface area (Å²) in [4.78, 5) is 26.7. The van der Waals surface area contributed by atoms with Crippen molar-refractivity contribution in [2.45, 2.75) is 36.8 Å². The third-order valence-corrected chi connectivity index (χ3v) is 10.6. The number of hydrogen-bond donors (Lipinski definition) is 13. The van der Waals surface area contributed by atoms with E-state index in [9.17, 15) is 76.0 Å². The van der Waals surface area contributed by atoms with Gasteiger partial charge < -0.3 is 85.3 Å². The van der Waals surface area contributed by atoms with Crippen molar-refractivity contribution in [3.63, 3.8) is 0 Å². The second-order valence-electron chi connectivity index (χ2n) is 14.6. The van der Waals surface area contributed by atoms with Crippen molar-refractivity contribution < 1.29 is 94.9 Å². The summed E-state index contributed by atoms with van der Waals surface area (Å²) >= 11 is 0. The summed E-state index contributed by atoms with van der Waals surface area (Å²) in [5.74, 6) is -13.1. The molecule has 0 saturated heterocycles. The molecule has 0 fully saturated rings. The highest BCUT2D eigenvalue weighted by atomic mass is 16.6. The Bertz CT molecular complexity index is 2790. The van der Waals surface area contributed by atoms with Crippen molar-refractivity contribution >= 4 is 11.9 Å². The van der Waals surface area contributed by atoms with Crippen LogP contribution in [0, 0.1) is 0 Å². The highest BCUT2D eigenvalue weighted by molar-refractivity contribution is 5.93. The van der Waals surface area contributed by atoms with Gasteiger partial charge in [0.15, 0.2) is 58.2 Å². The Labute approximate surface area is 353 Å². The fourth-order valence-electron chi connectivity index (χ4n) is 7.61. The number of carbonyl (C=O) groups excluding carboxylic acids is 2. The lowest BCUT2D eigenvalue weighted by atomic mass is 9.77. The van der Waals surface area contributed by atoms with Gasteiger partial charge in [0.05, 0.1) is 17.0 Å². The zero-order chi connectivity index (χ0) is 45.2. The average molecular weight is 867 g/mol. The van der Waals surface area contributed by atoms with E-state index in [4.69, 9.17) is 18.9 Å². The van der Waals surface area contributed by atoms with E-state index in [0.717, 1.165) is 54.6 Å². The van der Waals surface area contributed by atoms with Gasteiger partial charge in [-0.3, -0.25) is 0 Å². The minimum atomic E-state index is -1.68. The van der Waals surface area contributed by atoms with Crippen molar-refractivity contribution in [1.29, 1.82) is 0 Å². The van der Waals surface area contributed by atoms with Gasteiger partial charge in [-0.1, -0.05) is 18.2 Å². The molecule has 8 rings (SSSR count). The average Bonchev–Trinajstić information content (AvgIpc) is 3.23. The van der Waals surface area contributed by atoms with Gasteiger partial charge in [0.25, 0.3) is 0 Å². The first-order valence-corrected chi connectivity index (χ1v) is 18.6. The fourth-order valence-corrected chi connectivity index (χ4v) is 7.61. The third kappa shape index (κ3) is 7.37. The van der Waals surface area contributed by atoms with Crippen LogP contribution in [0.15, 0.2) is 84.9 Å². The molecule has 5 unspecified atom stereocenters. The van der Waals surface area contributed by atoms with Crippen LogP contribution in [0.4, 0.5) is 0 Å². The first kappa shape index (κ1) is 41.2. The van der Waals surface area contributed by atoms with Gasteiger partial charge >= 0.3 is 11.9 Å². The summed E-state index contributed by atoms with van der Waals surface area (Å²) in [6.07, 6.45) is -6.36. The van der Waals surface area contributed by atoms with Crippen LogP contribution in [-0.2, 0) is 11.2 Å². The Hall–Kier alpha value is -8.58. The summed E-state index contributed by atoms with van der Waals surface area (Å²) < 4.78 is 23.4. The van der Waals surface area contributed by atoms with Crippen LogP contribution in [0.1, 0.15) is 66.7 Å². The first-order valence-electron chi connectivity index (χ1n) is 18.6. The molecule has 13 N–H and O–H groups in total. The highest BCUT2D eigenvalue weighted by Gasteiger charge is 2.46. The van der Waals surface area contributed by atoms with E-state index in [0.29, 0.717) is 5.56 Å². The topological polar surface area (TPSA) is 334 Å². The summed E-state index contributed by atoms with van der Waals surface area (Å²) in [5.41, 5.74) is -1.17. The molecule has 2 heterocycles. The summed E-state index contributed by atoms with van der Waals surface area (Å²) in [6, 6.07) is 15.4. The number of esters is 2. The van der Waals surface area contributed by atoms with E-state index in [-0.39, 0.29) is 39.5 Å². The Morgan fingerprint density at radius 3 is 1.68 bits per heavy atom. The second-order valence-corrected chi connectivity index (χ2v) is 14.6. The maximum absolute atomic E-state index is 13.6. The van der Waals surface area contributed by atoms with Crippen molar-refractivity contribution in [1.82, 2.24) is 0 Å². The monoisotopic (exact) mass is 866 g/mol. The van der Waals surface area contributed by atoms with Crippen molar-refractivity contribution in [3.05, 3.63) is 124 Å². The van der Waals surface area contributed by atoms with Crippen LogP contribution >= 0.6 is 0 Å². The number of aliphatic hydroxyl groups excluding tert-OH is 1. The number of hydrogen-bond acceptors (Lipinski definition) is 19. The zero-order valence-electron chi connectivity index (χ0n) is 31.9. The molecule has 19 nitrogen and oxygen atoms in total. The molecule has 0 saturated carbocycles. The molecular formula is C44H34O19. The van der Waals surface area contributed by atoms with Gasteiger partial charge in [0, 0.05) is 46.9 Å². The molecule has 0 radical (unpaired) electrons. The van der Waals surface area contributed by atoms with Gasteiger partial charge in [-0.05, 0) is 54.1 Å². The molecule has 0 aliphatic carbocycles. The molecule has 63 heavy (non-hydrogen) atoms. The van der Waals surface area contributed by atoms with Gasteiger partial charge in [-0.2, -0.15) is 0 Å². The van der Waals surface area contributed by atoms with Crippen LogP contribution in [-0.4, -0.2) is 90.5 Å². The van der Waals surface area contributed by atoms with Crippen molar-refractivity contribution in [2.24, 2.45) is 0 Å². The number of phenols is 12. The van der Waals surface area contributed by atoms with Crippen LogP contribution in [0.5, 0.6) is 86.2 Å². The lowest BCUT2D eigenvalue weighted by Crippen LogP contribution is -2.36. The van der Waals surface area contributed by atoms with Crippen molar-refractivity contribution in [2.75, 3.05) is 0 Å². The van der Waals surface area contributed by atoms with Crippen LogP contribution < -0.4 is 14.2 Å². The minimum Gasteiger partial charge on any atom is -0.508 e. The predicted octanol–water partition coefficient (Wildman–Crippen LogP) is 4.90. The summed E-state index contributed by atoms with van der Waals surface area (Å²) in [7, 11) is 0. The molecule has 324 valence electrons. The molecule has 6 aromatic carbocycles. The molecule has 6 aromatic rings. The number of phenolic OH excluding ortho intramolecular Hbond substituents is 12. The largest absolute Gasteiger partial charge is 0.508 e. The lowest BCUT2D eigenvalue weighted by molar-refractivity contribution is -0.0191. The number of rotatable bonds is 7. The Kier molecular flexibility index (Phi) is 10.1. The Balaban J connectivity index is 1.22. The van der Waals surface area contributed by atoms with E-state index in [1.807, 2.05) is 0 Å². The molecule has 2 aliphatic rings. The fraction of sp³-hybridized carbons (Fsp3) is 0.136. The summed E-state index contributed by atoms with van der Waals surface area (Å²) in [5, 5.41) is 137. The zero-order valence-corrected chi connectivity index (χ0v) is 31.9. The minimum absolute atomic E-state index is 0.0326. The third-order valence-electron chi connectivity index (χ3n) is 10.6.